The zero-order valence-electron chi connectivity index (χ0n) is 9.99. The topological polar surface area (TPSA) is 49.3 Å². The predicted octanol–water partition coefficient (Wildman–Crippen LogP) is 2.91. The van der Waals surface area contributed by atoms with Crippen LogP contribution < -0.4 is 5.32 Å². The van der Waals surface area contributed by atoms with Gasteiger partial charge < -0.3 is 10.4 Å². The molecule has 1 aromatic carbocycles. The molecule has 0 aliphatic heterocycles. The Morgan fingerprint density at radius 2 is 2.24 bits per heavy atom. The molecule has 1 aromatic rings. The molecule has 90 valence electrons. The third kappa shape index (κ3) is 4.20. The van der Waals surface area contributed by atoms with E-state index in [0.717, 1.165) is 37.1 Å². The van der Waals surface area contributed by atoms with Gasteiger partial charge in [0.1, 0.15) is 0 Å². The Bertz CT molecular complexity index is 432. The molecule has 0 spiro atoms. The zero-order valence-corrected chi connectivity index (χ0v) is 9.99. The van der Waals surface area contributed by atoms with Gasteiger partial charge in [0.25, 0.3) is 0 Å². The van der Waals surface area contributed by atoms with Gasteiger partial charge in [-0.05, 0) is 43.5 Å². The number of carboxylic acid groups (broad SMARTS) is 1. The Kier molecular flexibility index (Phi) is 5.09. The Morgan fingerprint density at radius 1 is 1.47 bits per heavy atom. The fourth-order valence-corrected chi connectivity index (χ4v) is 1.60. The number of unbranched alkanes of at least 4 members (excludes halogenated alkanes) is 2. The van der Waals surface area contributed by atoms with Crippen LogP contribution in [-0.2, 0) is 0 Å². The molecule has 0 fully saturated rings. The lowest BCUT2D eigenvalue weighted by Gasteiger charge is -2.08. The number of aromatic carboxylic acids is 1. The van der Waals surface area contributed by atoms with Crippen molar-refractivity contribution in [2.24, 2.45) is 0 Å². The summed E-state index contributed by atoms with van der Waals surface area (Å²) in [6, 6.07) is 5.27. The van der Waals surface area contributed by atoms with E-state index in [9.17, 15) is 4.79 Å². The quantitative estimate of drug-likeness (QED) is 0.584. The standard InChI is InChI=1S/C14H17NO2/c1-3-4-5-6-9-15-12-7-8-13(14(16)17)11(2)10-12/h1,7-8,10,15H,4-6,9H2,2H3,(H,16,17). The summed E-state index contributed by atoms with van der Waals surface area (Å²) in [4.78, 5) is 10.8. The molecule has 0 aliphatic carbocycles. The lowest BCUT2D eigenvalue weighted by Crippen LogP contribution is -2.04. The Hall–Kier alpha value is -1.95. The first-order valence-corrected chi connectivity index (χ1v) is 5.66. The highest BCUT2D eigenvalue weighted by atomic mass is 16.4. The van der Waals surface area contributed by atoms with Crippen LogP contribution in [0.1, 0.15) is 35.2 Å². The van der Waals surface area contributed by atoms with E-state index in [1.807, 2.05) is 6.07 Å². The second-order valence-corrected chi connectivity index (χ2v) is 3.92. The number of hydrogen-bond donors (Lipinski definition) is 2. The number of carboxylic acids is 1. The minimum Gasteiger partial charge on any atom is -0.478 e. The van der Waals surface area contributed by atoms with Crippen molar-refractivity contribution in [3.05, 3.63) is 29.3 Å². The second-order valence-electron chi connectivity index (χ2n) is 3.92. The molecule has 0 amide bonds. The van der Waals surface area contributed by atoms with Crippen LogP contribution in [0.5, 0.6) is 0 Å². The lowest BCUT2D eigenvalue weighted by molar-refractivity contribution is 0.0696. The normalized spacial score (nSPS) is 9.65. The smallest absolute Gasteiger partial charge is 0.335 e. The first-order valence-electron chi connectivity index (χ1n) is 5.66. The van der Waals surface area contributed by atoms with Gasteiger partial charge in [0.15, 0.2) is 0 Å². The summed E-state index contributed by atoms with van der Waals surface area (Å²) in [5, 5.41) is 12.1. The van der Waals surface area contributed by atoms with Gasteiger partial charge in [-0.25, -0.2) is 4.79 Å². The van der Waals surface area contributed by atoms with Crippen molar-refractivity contribution in [2.75, 3.05) is 11.9 Å². The van der Waals surface area contributed by atoms with Crippen LogP contribution in [0, 0.1) is 19.3 Å². The highest BCUT2D eigenvalue weighted by Crippen LogP contribution is 2.15. The molecule has 0 aromatic heterocycles. The summed E-state index contributed by atoms with van der Waals surface area (Å²) in [6.07, 6.45) is 7.99. The van der Waals surface area contributed by atoms with Gasteiger partial charge in [-0.1, -0.05) is 0 Å². The molecule has 17 heavy (non-hydrogen) atoms. The van der Waals surface area contributed by atoms with Crippen molar-refractivity contribution in [1.29, 1.82) is 0 Å². The minimum atomic E-state index is -0.886. The fraction of sp³-hybridized carbons (Fsp3) is 0.357. The monoisotopic (exact) mass is 231 g/mol. The van der Waals surface area contributed by atoms with Crippen molar-refractivity contribution in [1.82, 2.24) is 0 Å². The molecular weight excluding hydrogens is 214 g/mol. The predicted molar refractivity (Wildman–Crippen MR) is 69.3 cm³/mol. The van der Waals surface area contributed by atoms with Crippen LogP contribution in [0.3, 0.4) is 0 Å². The number of nitrogens with one attached hydrogen (secondary N) is 1. The number of terminal acetylenes is 1. The number of aryl methyl sites for hydroxylation is 1. The van der Waals surface area contributed by atoms with Crippen molar-refractivity contribution in [2.45, 2.75) is 26.2 Å². The van der Waals surface area contributed by atoms with Gasteiger partial charge in [0.05, 0.1) is 5.56 Å². The summed E-state index contributed by atoms with van der Waals surface area (Å²) in [7, 11) is 0. The van der Waals surface area contributed by atoms with Crippen LogP contribution in [0.2, 0.25) is 0 Å². The van der Waals surface area contributed by atoms with E-state index >= 15 is 0 Å². The van der Waals surface area contributed by atoms with Crippen LogP contribution >= 0.6 is 0 Å². The van der Waals surface area contributed by atoms with E-state index in [1.165, 1.54) is 0 Å². The molecule has 2 N–H and O–H groups in total. The van der Waals surface area contributed by atoms with Crippen LogP contribution in [0.4, 0.5) is 5.69 Å². The molecular formula is C14H17NO2. The van der Waals surface area contributed by atoms with E-state index in [4.69, 9.17) is 11.5 Å². The van der Waals surface area contributed by atoms with Crippen LogP contribution in [-0.4, -0.2) is 17.6 Å². The Balaban J connectivity index is 2.48. The maximum Gasteiger partial charge on any atom is 0.335 e. The molecule has 0 saturated heterocycles. The number of carbonyl (C=O) groups is 1. The van der Waals surface area contributed by atoms with Crippen molar-refractivity contribution < 1.29 is 9.90 Å². The third-order valence-corrected chi connectivity index (χ3v) is 2.53. The maximum atomic E-state index is 10.8. The largest absolute Gasteiger partial charge is 0.478 e. The summed E-state index contributed by atoms with van der Waals surface area (Å²) < 4.78 is 0. The summed E-state index contributed by atoms with van der Waals surface area (Å²) >= 11 is 0. The lowest BCUT2D eigenvalue weighted by atomic mass is 10.1. The first kappa shape index (κ1) is 13.1. The SMILES string of the molecule is C#CCCCCNc1ccc(C(=O)O)c(C)c1. The Labute approximate surface area is 102 Å². The fourth-order valence-electron chi connectivity index (χ4n) is 1.60. The number of rotatable bonds is 6. The van der Waals surface area contributed by atoms with Crippen molar-refractivity contribution in [3.63, 3.8) is 0 Å². The minimum absolute atomic E-state index is 0.350. The van der Waals surface area contributed by atoms with Gasteiger partial charge in [-0.2, -0.15) is 0 Å². The summed E-state index contributed by atoms with van der Waals surface area (Å²) in [5.41, 5.74) is 2.07. The van der Waals surface area contributed by atoms with Crippen LogP contribution in [0.15, 0.2) is 18.2 Å². The van der Waals surface area contributed by atoms with Gasteiger partial charge >= 0.3 is 5.97 Å². The summed E-state index contributed by atoms with van der Waals surface area (Å²) in [5.74, 6) is 1.72. The highest BCUT2D eigenvalue weighted by Gasteiger charge is 2.06. The molecule has 0 bridgehead atoms. The molecule has 0 saturated carbocycles. The molecule has 1 rings (SSSR count). The number of benzene rings is 1. The second kappa shape index (κ2) is 6.59. The third-order valence-electron chi connectivity index (χ3n) is 2.53. The number of anilines is 1. The zero-order chi connectivity index (χ0) is 12.7. The molecule has 0 heterocycles. The van der Waals surface area contributed by atoms with E-state index in [1.54, 1.807) is 19.1 Å². The first-order chi connectivity index (χ1) is 8.15. The van der Waals surface area contributed by atoms with Crippen molar-refractivity contribution in [3.8, 4) is 12.3 Å². The molecule has 0 radical (unpaired) electrons. The molecule has 0 unspecified atom stereocenters. The number of hydrogen-bond acceptors (Lipinski definition) is 2. The highest BCUT2D eigenvalue weighted by molar-refractivity contribution is 5.89. The van der Waals surface area contributed by atoms with Gasteiger partial charge in [-0.3, -0.25) is 0 Å². The molecule has 3 nitrogen and oxygen atoms in total. The van der Waals surface area contributed by atoms with Crippen LogP contribution in [0.25, 0.3) is 0 Å². The molecule has 0 atom stereocenters. The van der Waals surface area contributed by atoms with E-state index < -0.39 is 5.97 Å². The maximum absolute atomic E-state index is 10.8. The van der Waals surface area contributed by atoms with E-state index in [2.05, 4.69) is 11.2 Å². The van der Waals surface area contributed by atoms with Gasteiger partial charge in [-0.15, -0.1) is 12.3 Å². The van der Waals surface area contributed by atoms with E-state index in [0.29, 0.717) is 5.56 Å². The molecule has 3 heteroatoms. The Morgan fingerprint density at radius 3 is 2.82 bits per heavy atom. The molecule has 0 aliphatic rings. The van der Waals surface area contributed by atoms with E-state index in [-0.39, 0.29) is 0 Å². The van der Waals surface area contributed by atoms with Gasteiger partial charge in [0.2, 0.25) is 0 Å². The van der Waals surface area contributed by atoms with Gasteiger partial charge in [0, 0.05) is 18.7 Å². The van der Waals surface area contributed by atoms with Crippen molar-refractivity contribution >= 4 is 11.7 Å². The average molecular weight is 231 g/mol. The average Bonchev–Trinajstić information content (AvgIpc) is 2.28. The summed E-state index contributed by atoms with van der Waals surface area (Å²) in [6.45, 7) is 2.65.